The monoisotopic (exact) mass is 326 g/mol. The molecular weight excluding hydrogens is 296 g/mol. The van der Waals surface area contributed by atoms with E-state index in [1.807, 2.05) is 13.8 Å². The maximum atomic E-state index is 12.1. The molecule has 5 heteroatoms. The van der Waals surface area contributed by atoms with Crippen LogP contribution in [0.25, 0.3) is 0 Å². The molecule has 0 aliphatic carbocycles. The van der Waals surface area contributed by atoms with Gasteiger partial charge in [0.1, 0.15) is 18.3 Å². The number of rotatable bonds is 8. The standard InChI is InChI=1S/C18H30O5/c1-7-11-21-16(20)13(2)14(19)9-8-10-15-17(3,4)12-22-18(5,6)23-15/h7,13,15H,1,8-12H2,2-6H3. The Hall–Kier alpha value is -1.20. The number of carbonyl (C=O) groups is 2. The summed E-state index contributed by atoms with van der Waals surface area (Å²) in [6, 6.07) is 0. The highest BCUT2D eigenvalue weighted by molar-refractivity contribution is 5.98. The largest absolute Gasteiger partial charge is 0.461 e. The molecule has 0 amide bonds. The number of ketones is 1. The number of hydrogen-bond donors (Lipinski definition) is 0. The molecule has 0 aromatic rings. The molecule has 0 radical (unpaired) electrons. The number of Topliss-reactive ketones (excluding diaryl/α,β-unsaturated/α-hetero) is 1. The summed E-state index contributed by atoms with van der Waals surface area (Å²) in [7, 11) is 0. The summed E-state index contributed by atoms with van der Waals surface area (Å²) in [6.45, 7) is 13.8. The minimum absolute atomic E-state index is 0.0297. The second-order valence-electron chi connectivity index (χ2n) is 7.28. The third-order valence-corrected chi connectivity index (χ3v) is 4.16. The van der Waals surface area contributed by atoms with Gasteiger partial charge in [-0.05, 0) is 33.6 Å². The van der Waals surface area contributed by atoms with Crippen LogP contribution in [0.4, 0.5) is 0 Å². The Bertz CT molecular complexity index is 439. The van der Waals surface area contributed by atoms with E-state index < -0.39 is 17.7 Å². The molecule has 5 nitrogen and oxygen atoms in total. The Kier molecular flexibility index (Phi) is 6.96. The zero-order valence-corrected chi connectivity index (χ0v) is 15.0. The number of carbonyl (C=O) groups excluding carboxylic acids is 2. The molecule has 1 aliphatic rings. The summed E-state index contributed by atoms with van der Waals surface area (Å²) in [5.41, 5.74) is -0.0902. The van der Waals surface area contributed by atoms with Crippen LogP contribution in [-0.2, 0) is 23.8 Å². The topological polar surface area (TPSA) is 61.8 Å². The van der Waals surface area contributed by atoms with Crippen molar-refractivity contribution in [3.05, 3.63) is 12.7 Å². The van der Waals surface area contributed by atoms with Crippen molar-refractivity contribution in [2.24, 2.45) is 11.3 Å². The maximum absolute atomic E-state index is 12.1. The van der Waals surface area contributed by atoms with Crippen molar-refractivity contribution in [3.8, 4) is 0 Å². The summed E-state index contributed by atoms with van der Waals surface area (Å²) in [6.07, 6.45) is 3.31. The van der Waals surface area contributed by atoms with Crippen LogP contribution in [0.1, 0.15) is 53.9 Å². The van der Waals surface area contributed by atoms with Gasteiger partial charge in [-0.3, -0.25) is 9.59 Å². The molecular formula is C18H30O5. The summed E-state index contributed by atoms with van der Waals surface area (Å²) < 4.78 is 16.6. The lowest BCUT2D eigenvalue weighted by molar-refractivity contribution is -0.313. The first-order valence-corrected chi connectivity index (χ1v) is 8.21. The lowest BCUT2D eigenvalue weighted by atomic mass is 9.83. The van der Waals surface area contributed by atoms with Crippen molar-refractivity contribution in [1.82, 2.24) is 0 Å². The smallest absolute Gasteiger partial charge is 0.316 e. The fourth-order valence-corrected chi connectivity index (χ4v) is 2.51. The average molecular weight is 326 g/mol. The molecule has 2 atom stereocenters. The summed E-state index contributed by atoms with van der Waals surface area (Å²) >= 11 is 0. The van der Waals surface area contributed by atoms with Crippen molar-refractivity contribution in [1.29, 1.82) is 0 Å². The first kappa shape index (κ1) is 19.8. The molecule has 1 fully saturated rings. The van der Waals surface area contributed by atoms with Gasteiger partial charge in [0.2, 0.25) is 0 Å². The third kappa shape index (κ3) is 6.07. The summed E-state index contributed by atoms with van der Waals surface area (Å²) in [5.74, 6) is -1.90. The molecule has 1 saturated heterocycles. The molecule has 0 saturated carbocycles. The predicted octanol–water partition coefficient (Wildman–Crippen LogP) is 3.27. The van der Waals surface area contributed by atoms with Crippen molar-refractivity contribution < 1.29 is 23.8 Å². The van der Waals surface area contributed by atoms with E-state index in [0.717, 1.165) is 6.42 Å². The minimum atomic E-state index is -0.727. The van der Waals surface area contributed by atoms with E-state index in [-0.39, 0.29) is 23.9 Å². The number of hydrogen-bond acceptors (Lipinski definition) is 5. The van der Waals surface area contributed by atoms with E-state index in [1.165, 1.54) is 6.08 Å². The second-order valence-corrected chi connectivity index (χ2v) is 7.28. The highest BCUT2D eigenvalue weighted by atomic mass is 16.7. The third-order valence-electron chi connectivity index (χ3n) is 4.16. The lowest BCUT2D eigenvalue weighted by Gasteiger charge is -2.46. The lowest BCUT2D eigenvalue weighted by Crippen LogP contribution is -2.50. The number of esters is 1. The summed E-state index contributed by atoms with van der Waals surface area (Å²) in [4.78, 5) is 23.8. The van der Waals surface area contributed by atoms with Crippen LogP contribution in [0.15, 0.2) is 12.7 Å². The molecule has 1 rings (SSSR count). The Morgan fingerprint density at radius 1 is 1.35 bits per heavy atom. The van der Waals surface area contributed by atoms with Gasteiger partial charge in [0, 0.05) is 11.8 Å². The molecule has 0 aromatic carbocycles. The molecule has 23 heavy (non-hydrogen) atoms. The van der Waals surface area contributed by atoms with Crippen LogP contribution in [0.5, 0.6) is 0 Å². The van der Waals surface area contributed by atoms with Gasteiger partial charge in [0.15, 0.2) is 5.79 Å². The van der Waals surface area contributed by atoms with Crippen LogP contribution in [-0.4, -0.2) is 36.9 Å². The van der Waals surface area contributed by atoms with Crippen LogP contribution >= 0.6 is 0 Å². The molecule has 0 N–H and O–H groups in total. The zero-order chi connectivity index (χ0) is 17.7. The van der Waals surface area contributed by atoms with Gasteiger partial charge in [0.05, 0.1) is 12.7 Å². The fraction of sp³-hybridized carbons (Fsp3) is 0.778. The van der Waals surface area contributed by atoms with Crippen molar-refractivity contribution in [3.63, 3.8) is 0 Å². The Balaban J connectivity index is 2.44. The quantitative estimate of drug-likeness (QED) is 0.389. The molecule has 1 heterocycles. The van der Waals surface area contributed by atoms with Crippen LogP contribution in [0.2, 0.25) is 0 Å². The highest BCUT2D eigenvalue weighted by Gasteiger charge is 2.41. The Morgan fingerprint density at radius 2 is 2.00 bits per heavy atom. The van der Waals surface area contributed by atoms with Crippen LogP contribution in [0.3, 0.4) is 0 Å². The van der Waals surface area contributed by atoms with Gasteiger partial charge in [-0.15, -0.1) is 0 Å². The second kappa shape index (κ2) is 8.06. The van der Waals surface area contributed by atoms with E-state index in [1.54, 1.807) is 6.92 Å². The Labute approximate surface area is 139 Å². The van der Waals surface area contributed by atoms with Gasteiger partial charge >= 0.3 is 5.97 Å². The average Bonchev–Trinajstić information content (AvgIpc) is 2.47. The van der Waals surface area contributed by atoms with Gasteiger partial charge in [0.25, 0.3) is 0 Å². The van der Waals surface area contributed by atoms with Gasteiger partial charge in [-0.1, -0.05) is 26.5 Å². The molecule has 0 aromatic heterocycles. The van der Waals surface area contributed by atoms with Gasteiger partial charge in [-0.25, -0.2) is 0 Å². The Morgan fingerprint density at radius 3 is 2.61 bits per heavy atom. The predicted molar refractivity (Wildman–Crippen MR) is 87.9 cm³/mol. The van der Waals surface area contributed by atoms with Gasteiger partial charge in [-0.2, -0.15) is 0 Å². The maximum Gasteiger partial charge on any atom is 0.316 e. The summed E-state index contributed by atoms with van der Waals surface area (Å²) in [5, 5.41) is 0. The first-order valence-electron chi connectivity index (χ1n) is 8.21. The molecule has 0 spiro atoms. The van der Waals surface area contributed by atoms with E-state index in [4.69, 9.17) is 14.2 Å². The van der Waals surface area contributed by atoms with Crippen molar-refractivity contribution >= 4 is 11.8 Å². The normalized spacial score (nSPS) is 23.8. The van der Waals surface area contributed by atoms with E-state index in [9.17, 15) is 9.59 Å². The fourth-order valence-electron chi connectivity index (χ4n) is 2.51. The minimum Gasteiger partial charge on any atom is -0.461 e. The number of ether oxygens (including phenoxy) is 3. The van der Waals surface area contributed by atoms with E-state index in [2.05, 4.69) is 20.4 Å². The van der Waals surface area contributed by atoms with E-state index in [0.29, 0.717) is 19.4 Å². The molecule has 132 valence electrons. The van der Waals surface area contributed by atoms with Gasteiger partial charge < -0.3 is 14.2 Å². The zero-order valence-electron chi connectivity index (χ0n) is 15.0. The first-order chi connectivity index (χ1) is 10.6. The van der Waals surface area contributed by atoms with Crippen molar-refractivity contribution in [2.75, 3.05) is 13.2 Å². The molecule has 2 unspecified atom stereocenters. The molecule has 0 bridgehead atoms. The van der Waals surface area contributed by atoms with E-state index >= 15 is 0 Å². The molecule has 1 aliphatic heterocycles. The van der Waals surface area contributed by atoms with Crippen molar-refractivity contribution in [2.45, 2.75) is 65.8 Å². The highest BCUT2D eigenvalue weighted by Crippen LogP contribution is 2.37. The van der Waals surface area contributed by atoms with Crippen LogP contribution in [0, 0.1) is 11.3 Å². The SMILES string of the molecule is C=CCOC(=O)C(C)C(=O)CCCC1OC(C)(C)OCC1(C)C. The van der Waals surface area contributed by atoms with Crippen LogP contribution < -0.4 is 0 Å².